The van der Waals surface area contributed by atoms with Gasteiger partial charge in [0.25, 0.3) is 11.6 Å². The van der Waals surface area contributed by atoms with Crippen LogP contribution in [0.25, 0.3) is 6.08 Å². The van der Waals surface area contributed by atoms with E-state index < -0.39 is 14.9 Å². The summed E-state index contributed by atoms with van der Waals surface area (Å²) >= 11 is 0. The van der Waals surface area contributed by atoms with Gasteiger partial charge in [0.05, 0.1) is 9.82 Å². The summed E-state index contributed by atoms with van der Waals surface area (Å²) in [6.45, 7) is 0. The van der Waals surface area contributed by atoms with Crippen LogP contribution >= 0.6 is 0 Å². The van der Waals surface area contributed by atoms with Gasteiger partial charge in [-0.2, -0.15) is 4.31 Å². The molecule has 8 nitrogen and oxygen atoms in total. The fourth-order valence-corrected chi connectivity index (χ4v) is 5.18. The maximum atomic E-state index is 13.0. The molecule has 0 atom stereocenters. The van der Waals surface area contributed by atoms with E-state index >= 15 is 0 Å². The van der Waals surface area contributed by atoms with Crippen molar-refractivity contribution in [2.75, 3.05) is 19.0 Å². The number of carbonyl (C=O) groups excluding carboxylic acids is 1. The zero-order chi connectivity index (χ0) is 23.3. The van der Waals surface area contributed by atoms with Crippen molar-refractivity contribution in [1.29, 1.82) is 0 Å². The fraction of sp³-hybridized carbons (Fsp3) is 0.348. The molecule has 0 heterocycles. The first kappa shape index (κ1) is 23.6. The average Bonchev–Trinajstić information content (AvgIpc) is 2.82. The van der Waals surface area contributed by atoms with Gasteiger partial charge >= 0.3 is 0 Å². The van der Waals surface area contributed by atoms with Crippen LogP contribution in [0.1, 0.15) is 37.7 Å². The first-order valence-corrected chi connectivity index (χ1v) is 11.9. The number of amides is 1. The van der Waals surface area contributed by atoms with Crippen LogP contribution < -0.4 is 4.90 Å². The number of anilines is 1. The number of benzene rings is 2. The van der Waals surface area contributed by atoms with Crippen molar-refractivity contribution in [3.8, 4) is 0 Å². The van der Waals surface area contributed by atoms with Crippen molar-refractivity contribution >= 4 is 33.4 Å². The standard InChI is InChI=1S/C23H27N3O5S/c1-24(23(27)17-10-18-8-11-21(12-9-18)26(28)29)19-13-15-22(16-14-19)32(30,31)25(2)20-6-4-3-5-7-20/h8-17,20H,3-7H2,1-2H3. The molecule has 1 fully saturated rings. The van der Waals surface area contributed by atoms with Crippen molar-refractivity contribution in [3.05, 3.63) is 70.3 Å². The third-order valence-corrected chi connectivity index (χ3v) is 7.77. The molecular formula is C23H27N3O5S. The highest BCUT2D eigenvalue weighted by Crippen LogP contribution is 2.27. The summed E-state index contributed by atoms with van der Waals surface area (Å²) in [6.07, 6.45) is 7.94. The lowest BCUT2D eigenvalue weighted by atomic mass is 9.96. The molecule has 1 aliphatic rings. The van der Waals surface area contributed by atoms with Gasteiger partial charge in [-0.1, -0.05) is 19.3 Å². The second kappa shape index (κ2) is 10.1. The summed E-state index contributed by atoms with van der Waals surface area (Å²) in [7, 11) is -0.355. The number of hydrogen-bond acceptors (Lipinski definition) is 5. The van der Waals surface area contributed by atoms with Gasteiger partial charge in [0, 0.05) is 44.0 Å². The zero-order valence-electron chi connectivity index (χ0n) is 18.2. The van der Waals surface area contributed by atoms with Crippen LogP contribution in [0.15, 0.2) is 59.5 Å². The lowest BCUT2D eigenvalue weighted by molar-refractivity contribution is -0.384. The lowest BCUT2D eigenvalue weighted by Crippen LogP contribution is -2.38. The Morgan fingerprint density at radius 1 is 1.00 bits per heavy atom. The largest absolute Gasteiger partial charge is 0.312 e. The SMILES string of the molecule is CN(C(=O)C=Cc1ccc([N+](=O)[O-])cc1)c1ccc(S(=O)(=O)N(C)C2CCCCC2)cc1. The summed E-state index contributed by atoms with van der Waals surface area (Å²) < 4.78 is 27.4. The van der Waals surface area contributed by atoms with Crippen LogP contribution in [0, 0.1) is 10.1 Å². The van der Waals surface area contributed by atoms with Gasteiger partial charge < -0.3 is 4.90 Å². The van der Waals surface area contributed by atoms with Gasteiger partial charge in [-0.05, 0) is 60.9 Å². The predicted octanol–water partition coefficient (Wildman–Crippen LogP) is 4.22. The van der Waals surface area contributed by atoms with Crippen molar-refractivity contribution in [3.63, 3.8) is 0 Å². The lowest BCUT2D eigenvalue weighted by Gasteiger charge is -2.30. The van der Waals surface area contributed by atoms with Gasteiger partial charge in [0.1, 0.15) is 0 Å². The number of sulfonamides is 1. The molecule has 0 aliphatic heterocycles. The smallest absolute Gasteiger partial charge is 0.269 e. The fourth-order valence-electron chi connectivity index (χ4n) is 3.76. The Hall–Kier alpha value is -3.04. The molecule has 0 bridgehead atoms. The van der Waals surface area contributed by atoms with E-state index in [1.165, 1.54) is 39.5 Å². The molecule has 0 radical (unpaired) electrons. The molecule has 0 saturated heterocycles. The molecular weight excluding hydrogens is 430 g/mol. The molecule has 0 aromatic heterocycles. The highest BCUT2D eigenvalue weighted by Gasteiger charge is 2.29. The van der Waals surface area contributed by atoms with E-state index in [-0.39, 0.29) is 22.5 Å². The molecule has 1 saturated carbocycles. The second-order valence-electron chi connectivity index (χ2n) is 7.89. The van der Waals surface area contributed by atoms with E-state index in [2.05, 4.69) is 0 Å². The average molecular weight is 458 g/mol. The highest BCUT2D eigenvalue weighted by atomic mass is 32.2. The number of non-ortho nitro benzene ring substituents is 1. The normalized spacial score (nSPS) is 15.2. The van der Waals surface area contributed by atoms with Crippen LogP contribution in [0.2, 0.25) is 0 Å². The maximum absolute atomic E-state index is 13.0. The third kappa shape index (κ3) is 5.41. The topological polar surface area (TPSA) is 101 Å². The summed E-state index contributed by atoms with van der Waals surface area (Å²) in [6, 6.07) is 12.2. The second-order valence-corrected chi connectivity index (χ2v) is 9.88. The molecule has 3 rings (SSSR count). The molecule has 0 spiro atoms. The molecule has 2 aromatic carbocycles. The Balaban J connectivity index is 1.67. The maximum Gasteiger partial charge on any atom is 0.269 e. The van der Waals surface area contributed by atoms with Crippen LogP contribution in [-0.2, 0) is 14.8 Å². The van der Waals surface area contributed by atoms with Gasteiger partial charge in [-0.25, -0.2) is 8.42 Å². The van der Waals surface area contributed by atoms with E-state index in [0.29, 0.717) is 11.3 Å². The minimum atomic E-state index is -3.59. The van der Waals surface area contributed by atoms with E-state index in [9.17, 15) is 23.3 Å². The van der Waals surface area contributed by atoms with E-state index in [4.69, 9.17) is 0 Å². The Morgan fingerprint density at radius 2 is 1.59 bits per heavy atom. The van der Waals surface area contributed by atoms with Crippen LogP contribution in [0.4, 0.5) is 11.4 Å². The number of nitro groups is 1. The molecule has 2 aromatic rings. The molecule has 32 heavy (non-hydrogen) atoms. The first-order valence-electron chi connectivity index (χ1n) is 10.5. The van der Waals surface area contributed by atoms with E-state index in [0.717, 1.165) is 32.1 Å². The van der Waals surface area contributed by atoms with Crippen LogP contribution in [0.3, 0.4) is 0 Å². The van der Waals surface area contributed by atoms with E-state index in [1.807, 2.05) is 0 Å². The Morgan fingerprint density at radius 3 is 2.16 bits per heavy atom. The monoisotopic (exact) mass is 457 g/mol. The highest BCUT2D eigenvalue weighted by molar-refractivity contribution is 7.89. The van der Waals surface area contributed by atoms with Crippen molar-refractivity contribution in [1.82, 2.24) is 4.31 Å². The summed E-state index contributed by atoms with van der Waals surface area (Å²) in [5.41, 5.74) is 1.20. The van der Waals surface area contributed by atoms with Gasteiger partial charge in [-0.15, -0.1) is 0 Å². The molecule has 0 unspecified atom stereocenters. The van der Waals surface area contributed by atoms with Crippen molar-refractivity contribution in [2.24, 2.45) is 0 Å². The molecule has 0 N–H and O–H groups in total. The number of hydrogen-bond donors (Lipinski definition) is 0. The Labute approximate surface area is 188 Å². The minimum absolute atomic E-state index is 0.0187. The Kier molecular flexibility index (Phi) is 7.42. The molecule has 9 heteroatoms. The number of carbonyl (C=O) groups is 1. The number of rotatable bonds is 7. The summed E-state index contributed by atoms with van der Waals surface area (Å²) in [5.74, 6) is -0.307. The van der Waals surface area contributed by atoms with Crippen molar-refractivity contribution < 1.29 is 18.1 Å². The Bertz CT molecular complexity index is 1090. The number of nitrogens with zero attached hydrogens (tertiary/aromatic N) is 3. The van der Waals surface area contributed by atoms with Gasteiger partial charge in [0.15, 0.2) is 0 Å². The molecule has 170 valence electrons. The first-order chi connectivity index (χ1) is 15.2. The van der Waals surface area contributed by atoms with Crippen LogP contribution in [0.5, 0.6) is 0 Å². The van der Waals surface area contributed by atoms with Crippen molar-refractivity contribution in [2.45, 2.75) is 43.0 Å². The molecule has 1 amide bonds. The molecule has 1 aliphatic carbocycles. The summed E-state index contributed by atoms with van der Waals surface area (Å²) in [5, 5.41) is 10.7. The van der Waals surface area contributed by atoms with Gasteiger partial charge in [-0.3, -0.25) is 14.9 Å². The quantitative estimate of drug-likeness (QED) is 0.352. The predicted molar refractivity (Wildman–Crippen MR) is 124 cm³/mol. The minimum Gasteiger partial charge on any atom is -0.312 e. The number of likely N-dealkylation sites (N-methyl/N-ethyl adjacent to an activating group) is 1. The van der Waals surface area contributed by atoms with Gasteiger partial charge in [0.2, 0.25) is 10.0 Å². The summed E-state index contributed by atoms with van der Waals surface area (Å²) in [4.78, 5) is 24.3. The number of nitro benzene ring substituents is 1. The third-order valence-electron chi connectivity index (χ3n) is 5.84. The van der Waals surface area contributed by atoms with Crippen LogP contribution in [-0.4, -0.2) is 43.7 Å². The van der Waals surface area contributed by atoms with E-state index in [1.54, 1.807) is 44.4 Å². The zero-order valence-corrected chi connectivity index (χ0v) is 19.0.